The summed E-state index contributed by atoms with van der Waals surface area (Å²) >= 11 is 0. The van der Waals surface area contributed by atoms with E-state index in [2.05, 4.69) is 0 Å². The second-order valence-electron chi connectivity index (χ2n) is 5.32. The fourth-order valence-corrected chi connectivity index (χ4v) is 4.34. The number of hydrogen-bond acceptors (Lipinski definition) is 3. The molecular formula is C18H23O3P. The minimum absolute atomic E-state index is 0.131. The second kappa shape index (κ2) is 7.51. The number of rotatable bonds is 7. The molecule has 0 spiro atoms. The lowest BCUT2D eigenvalue weighted by atomic mass is 10.2. The third kappa shape index (κ3) is 4.14. The number of benzene rings is 2. The lowest BCUT2D eigenvalue weighted by Gasteiger charge is -2.26. The van der Waals surface area contributed by atoms with Gasteiger partial charge in [-0.1, -0.05) is 49.7 Å². The highest BCUT2D eigenvalue weighted by Crippen LogP contribution is 2.54. The molecule has 0 N–H and O–H groups in total. The molecular weight excluding hydrogens is 295 g/mol. The molecule has 0 fully saturated rings. The Bertz CT molecular complexity index is 619. The molecule has 2 aromatic rings. The van der Waals surface area contributed by atoms with E-state index in [0.29, 0.717) is 11.5 Å². The van der Waals surface area contributed by atoms with Gasteiger partial charge in [0.2, 0.25) is 0 Å². The van der Waals surface area contributed by atoms with Crippen molar-refractivity contribution in [1.82, 2.24) is 0 Å². The fraction of sp³-hybridized carbons (Fsp3) is 0.333. The zero-order chi connectivity index (χ0) is 16.0. The van der Waals surface area contributed by atoms with E-state index in [0.717, 1.165) is 18.4 Å². The van der Waals surface area contributed by atoms with Crippen molar-refractivity contribution in [2.24, 2.45) is 0 Å². The van der Waals surface area contributed by atoms with Crippen LogP contribution in [0.5, 0.6) is 11.5 Å². The molecule has 0 amide bonds. The van der Waals surface area contributed by atoms with Crippen LogP contribution in [0, 0.1) is 6.92 Å². The van der Waals surface area contributed by atoms with Crippen LogP contribution >= 0.6 is 7.60 Å². The van der Waals surface area contributed by atoms with Crippen molar-refractivity contribution in [3.05, 3.63) is 60.2 Å². The molecule has 0 radical (unpaired) electrons. The average Bonchev–Trinajstić information content (AvgIpc) is 2.51. The summed E-state index contributed by atoms with van der Waals surface area (Å²) in [6.07, 6.45) is 1.49. The maximum absolute atomic E-state index is 13.4. The maximum atomic E-state index is 13.4. The van der Waals surface area contributed by atoms with Gasteiger partial charge in [0.1, 0.15) is 11.5 Å². The van der Waals surface area contributed by atoms with Crippen molar-refractivity contribution in [2.45, 2.75) is 39.3 Å². The first-order valence-electron chi connectivity index (χ1n) is 7.68. The Balaban J connectivity index is 2.28. The Morgan fingerprint density at radius 3 is 1.86 bits per heavy atom. The van der Waals surface area contributed by atoms with Crippen LogP contribution in [-0.2, 0) is 4.57 Å². The summed E-state index contributed by atoms with van der Waals surface area (Å²) in [4.78, 5) is 0. The Morgan fingerprint density at radius 1 is 0.864 bits per heavy atom. The van der Waals surface area contributed by atoms with Crippen molar-refractivity contribution in [3.8, 4) is 11.5 Å². The molecule has 22 heavy (non-hydrogen) atoms. The molecule has 0 saturated heterocycles. The molecule has 0 bridgehead atoms. The maximum Gasteiger partial charge on any atom is 0.433 e. The van der Waals surface area contributed by atoms with Gasteiger partial charge in [0, 0.05) is 0 Å². The molecule has 118 valence electrons. The van der Waals surface area contributed by atoms with Crippen LogP contribution in [0.4, 0.5) is 0 Å². The summed E-state index contributed by atoms with van der Waals surface area (Å²) in [5.41, 5.74) is 1.00. The lowest BCUT2D eigenvalue weighted by Crippen LogP contribution is -2.15. The van der Waals surface area contributed by atoms with Gasteiger partial charge >= 0.3 is 7.60 Å². The molecule has 0 aromatic heterocycles. The van der Waals surface area contributed by atoms with Crippen LogP contribution in [0.15, 0.2) is 54.6 Å². The molecule has 0 saturated carbocycles. The van der Waals surface area contributed by atoms with E-state index in [4.69, 9.17) is 9.05 Å². The highest BCUT2D eigenvalue weighted by Gasteiger charge is 2.36. The average molecular weight is 318 g/mol. The van der Waals surface area contributed by atoms with Crippen molar-refractivity contribution < 1.29 is 13.6 Å². The van der Waals surface area contributed by atoms with Crippen molar-refractivity contribution in [1.29, 1.82) is 0 Å². The Morgan fingerprint density at radius 2 is 1.36 bits per heavy atom. The molecule has 2 rings (SSSR count). The van der Waals surface area contributed by atoms with Gasteiger partial charge in [-0.3, -0.25) is 0 Å². The summed E-state index contributed by atoms with van der Waals surface area (Å²) in [6, 6.07) is 16.8. The second-order valence-corrected chi connectivity index (χ2v) is 7.49. The summed E-state index contributed by atoms with van der Waals surface area (Å²) in [6.45, 7) is 6.02. The van der Waals surface area contributed by atoms with Crippen LogP contribution < -0.4 is 9.05 Å². The topological polar surface area (TPSA) is 35.5 Å². The number of hydrogen-bond donors (Lipinski definition) is 0. The van der Waals surface area contributed by atoms with Gasteiger partial charge in [-0.25, -0.2) is 4.57 Å². The van der Waals surface area contributed by atoms with E-state index in [9.17, 15) is 4.57 Å². The van der Waals surface area contributed by atoms with Crippen LogP contribution in [-0.4, -0.2) is 5.66 Å². The Labute approximate surface area is 132 Å². The first kappa shape index (κ1) is 16.6. The van der Waals surface area contributed by atoms with E-state index in [1.807, 2.05) is 63.2 Å². The molecule has 0 heterocycles. The summed E-state index contributed by atoms with van der Waals surface area (Å²) in [5, 5.41) is 0. The Hall–Kier alpha value is -1.73. The van der Waals surface area contributed by atoms with Crippen molar-refractivity contribution in [3.63, 3.8) is 0 Å². The van der Waals surface area contributed by atoms with Crippen LogP contribution in [0.3, 0.4) is 0 Å². The summed E-state index contributed by atoms with van der Waals surface area (Å²) in [7, 11) is -3.29. The van der Waals surface area contributed by atoms with Gasteiger partial charge in [-0.15, -0.1) is 0 Å². The lowest BCUT2D eigenvalue weighted by molar-refractivity contribution is 0.367. The van der Waals surface area contributed by atoms with Gasteiger partial charge in [0.25, 0.3) is 0 Å². The van der Waals surface area contributed by atoms with E-state index in [1.165, 1.54) is 0 Å². The highest BCUT2D eigenvalue weighted by molar-refractivity contribution is 7.55. The van der Waals surface area contributed by atoms with Gasteiger partial charge in [-0.2, -0.15) is 0 Å². The minimum atomic E-state index is -3.29. The van der Waals surface area contributed by atoms with E-state index >= 15 is 0 Å². The zero-order valence-corrected chi connectivity index (χ0v) is 14.3. The largest absolute Gasteiger partial charge is 0.433 e. The first-order chi connectivity index (χ1) is 10.6. The Kier molecular flexibility index (Phi) is 5.68. The molecule has 0 aliphatic heterocycles. The van der Waals surface area contributed by atoms with E-state index in [-0.39, 0.29) is 5.66 Å². The van der Waals surface area contributed by atoms with Gasteiger partial charge < -0.3 is 9.05 Å². The van der Waals surface area contributed by atoms with Crippen molar-refractivity contribution in [2.75, 3.05) is 0 Å². The third-order valence-corrected chi connectivity index (χ3v) is 6.17. The van der Waals surface area contributed by atoms with Gasteiger partial charge in [-0.05, 0) is 44.0 Å². The fourth-order valence-electron chi connectivity index (χ4n) is 2.28. The molecule has 4 heteroatoms. The summed E-state index contributed by atoms with van der Waals surface area (Å²) in [5.74, 6) is 1.15. The third-order valence-electron chi connectivity index (χ3n) is 3.62. The van der Waals surface area contributed by atoms with Crippen LogP contribution in [0.2, 0.25) is 0 Å². The first-order valence-corrected chi connectivity index (χ1v) is 9.29. The van der Waals surface area contributed by atoms with Gasteiger partial charge in [0.05, 0.1) is 5.66 Å². The monoisotopic (exact) mass is 318 g/mol. The normalized spacial score (nSPS) is 13.6. The molecule has 0 aliphatic rings. The van der Waals surface area contributed by atoms with E-state index in [1.54, 1.807) is 12.1 Å². The summed E-state index contributed by atoms with van der Waals surface area (Å²) < 4.78 is 25.0. The van der Waals surface area contributed by atoms with Gasteiger partial charge in [0.15, 0.2) is 0 Å². The zero-order valence-electron chi connectivity index (χ0n) is 13.4. The quantitative estimate of drug-likeness (QED) is 0.602. The predicted molar refractivity (Wildman–Crippen MR) is 90.9 cm³/mol. The molecule has 0 aliphatic carbocycles. The highest BCUT2D eigenvalue weighted by atomic mass is 31.2. The van der Waals surface area contributed by atoms with E-state index < -0.39 is 7.60 Å². The van der Waals surface area contributed by atoms with Crippen molar-refractivity contribution >= 4 is 7.60 Å². The smallest absolute Gasteiger partial charge is 0.416 e. The number of para-hydroxylation sites is 1. The number of aryl methyl sites for hydroxylation is 1. The SMILES string of the molecule is CCC(CC)P(=O)(Oc1ccccc1)Oc1ccc(C)cc1. The molecule has 1 unspecified atom stereocenters. The standard InChI is InChI=1S/C18H23O3P/c1-4-18(5-2)22(19,20-16-9-7-6-8-10-16)21-17-13-11-15(3)12-14-17/h6-14,18H,4-5H2,1-3H3. The molecule has 3 nitrogen and oxygen atoms in total. The molecule has 1 atom stereocenters. The molecule has 2 aromatic carbocycles. The van der Waals surface area contributed by atoms with Crippen LogP contribution in [0.1, 0.15) is 32.3 Å². The predicted octanol–water partition coefficient (Wildman–Crippen LogP) is 5.83. The minimum Gasteiger partial charge on any atom is -0.416 e. The van der Waals surface area contributed by atoms with Crippen LogP contribution in [0.25, 0.3) is 0 Å².